The third-order valence-corrected chi connectivity index (χ3v) is 4.32. The van der Waals surface area contributed by atoms with Crippen LogP contribution in [0.15, 0.2) is 29.4 Å². The number of nitrogens with two attached hydrogens (primary N) is 1. The molecule has 1 fully saturated rings. The molecule has 1 aromatic rings. The number of nitrogens with zero attached hydrogens (tertiary/aromatic N) is 2. The zero-order chi connectivity index (χ0) is 19.8. The Kier molecular flexibility index (Phi) is 6.94. The van der Waals surface area contributed by atoms with Gasteiger partial charge in [-0.05, 0) is 30.5 Å². The number of amides is 2. The molecule has 4 N–H and O–H groups in total. The van der Waals surface area contributed by atoms with Gasteiger partial charge in [0.05, 0.1) is 12.6 Å². The third kappa shape index (κ3) is 5.57. The van der Waals surface area contributed by atoms with E-state index in [0.717, 1.165) is 17.7 Å². The highest BCUT2D eigenvalue weighted by Gasteiger charge is 2.31. The lowest BCUT2D eigenvalue weighted by Crippen LogP contribution is -2.44. The topological polar surface area (TPSA) is 125 Å². The number of carboxylic acids is 1. The number of benzene rings is 1. The molecule has 0 saturated carbocycles. The van der Waals surface area contributed by atoms with Crippen LogP contribution in [0.4, 0.5) is 5.69 Å². The Bertz CT molecular complexity index is 767. The lowest BCUT2D eigenvalue weighted by molar-refractivity contribution is -0.137. The molecule has 2 atom stereocenters. The van der Waals surface area contributed by atoms with Crippen molar-refractivity contribution in [2.75, 3.05) is 11.4 Å². The van der Waals surface area contributed by atoms with Crippen molar-refractivity contribution in [3.8, 4) is 12.3 Å². The van der Waals surface area contributed by atoms with E-state index < -0.39 is 23.8 Å². The van der Waals surface area contributed by atoms with E-state index in [-0.39, 0.29) is 18.7 Å². The van der Waals surface area contributed by atoms with E-state index in [9.17, 15) is 14.4 Å². The van der Waals surface area contributed by atoms with Gasteiger partial charge in [0.25, 0.3) is 0 Å². The number of nitrogens with one attached hydrogen (secondary N) is 1. The molecule has 0 bridgehead atoms. The molecule has 0 spiro atoms. The first-order chi connectivity index (χ1) is 12.9. The van der Waals surface area contributed by atoms with E-state index in [4.69, 9.17) is 17.4 Å². The minimum Gasteiger partial charge on any atom is -0.481 e. The van der Waals surface area contributed by atoms with Crippen molar-refractivity contribution in [1.29, 1.82) is 0 Å². The van der Waals surface area contributed by atoms with E-state index in [2.05, 4.69) is 16.3 Å². The summed E-state index contributed by atoms with van der Waals surface area (Å²) in [6.07, 6.45) is 7.74. The number of terminal acetylenes is 1. The zero-order valence-corrected chi connectivity index (χ0v) is 14.8. The van der Waals surface area contributed by atoms with Gasteiger partial charge in [-0.15, -0.1) is 6.42 Å². The summed E-state index contributed by atoms with van der Waals surface area (Å²) in [7, 11) is 0. The molecule has 2 unspecified atom stereocenters. The van der Waals surface area contributed by atoms with Gasteiger partial charge in [0.15, 0.2) is 0 Å². The Labute approximate surface area is 157 Å². The van der Waals surface area contributed by atoms with Crippen molar-refractivity contribution >= 4 is 29.7 Å². The summed E-state index contributed by atoms with van der Waals surface area (Å²) in [5, 5.41) is 14.7. The number of anilines is 1. The van der Waals surface area contributed by atoms with Crippen molar-refractivity contribution in [3.05, 3.63) is 29.8 Å². The highest BCUT2D eigenvalue weighted by Crippen LogP contribution is 2.26. The van der Waals surface area contributed by atoms with Crippen LogP contribution in [0.2, 0.25) is 0 Å². The molecule has 1 saturated heterocycles. The normalized spacial score (nSPS) is 18.1. The summed E-state index contributed by atoms with van der Waals surface area (Å²) < 4.78 is 0. The summed E-state index contributed by atoms with van der Waals surface area (Å²) in [5.41, 5.74) is 1.56. The molecule has 2 rings (SSSR count). The van der Waals surface area contributed by atoms with Crippen molar-refractivity contribution < 1.29 is 19.5 Å². The molecule has 1 aliphatic heterocycles. The summed E-state index contributed by atoms with van der Waals surface area (Å²) in [4.78, 5) is 37.3. The first-order valence-electron chi connectivity index (χ1n) is 8.56. The fraction of sp³-hybridized carbons (Fsp3) is 0.368. The van der Waals surface area contributed by atoms with Gasteiger partial charge in [0, 0.05) is 24.6 Å². The van der Waals surface area contributed by atoms with Crippen molar-refractivity contribution in [2.24, 2.45) is 16.9 Å². The predicted molar refractivity (Wildman–Crippen MR) is 101 cm³/mol. The molecule has 142 valence electrons. The molecule has 2 amide bonds. The molecule has 1 aromatic carbocycles. The lowest BCUT2D eigenvalue weighted by atomic mass is 9.92. The smallest absolute Gasteiger partial charge is 0.306 e. The second-order valence-electron chi connectivity index (χ2n) is 6.29. The fourth-order valence-electron chi connectivity index (χ4n) is 3.03. The number of aliphatic carboxylic acids is 1. The average molecular weight is 370 g/mol. The number of hydrazone groups is 1. The van der Waals surface area contributed by atoms with Gasteiger partial charge in [-0.2, -0.15) is 5.10 Å². The number of carboxylic acid groups (broad SMARTS) is 1. The van der Waals surface area contributed by atoms with Crippen LogP contribution in [-0.2, 0) is 14.4 Å². The van der Waals surface area contributed by atoms with Gasteiger partial charge in [-0.3, -0.25) is 14.4 Å². The second-order valence-corrected chi connectivity index (χ2v) is 6.29. The number of rotatable bonds is 7. The summed E-state index contributed by atoms with van der Waals surface area (Å²) >= 11 is 0. The van der Waals surface area contributed by atoms with E-state index >= 15 is 0 Å². The fourth-order valence-corrected chi connectivity index (χ4v) is 3.03. The first-order valence-corrected chi connectivity index (χ1v) is 8.56. The van der Waals surface area contributed by atoms with Gasteiger partial charge >= 0.3 is 5.97 Å². The maximum absolute atomic E-state index is 12.8. The van der Waals surface area contributed by atoms with Crippen LogP contribution in [0.1, 0.15) is 31.2 Å². The van der Waals surface area contributed by atoms with Crippen LogP contribution in [-0.4, -0.2) is 41.7 Å². The largest absolute Gasteiger partial charge is 0.481 e. The predicted octanol–water partition coefficient (Wildman–Crippen LogP) is 0.705. The van der Waals surface area contributed by atoms with Gasteiger partial charge in [-0.25, -0.2) is 0 Å². The highest BCUT2D eigenvalue weighted by molar-refractivity contribution is 5.98. The lowest BCUT2D eigenvalue weighted by Gasteiger charge is -2.32. The Balaban J connectivity index is 2.00. The molecule has 0 aliphatic carbocycles. The van der Waals surface area contributed by atoms with E-state index in [1.165, 1.54) is 6.21 Å². The molecule has 0 aromatic heterocycles. The zero-order valence-electron chi connectivity index (χ0n) is 14.8. The van der Waals surface area contributed by atoms with E-state index in [1.807, 2.05) is 0 Å². The summed E-state index contributed by atoms with van der Waals surface area (Å²) in [6, 6.07) is 6.33. The van der Waals surface area contributed by atoms with E-state index in [1.54, 1.807) is 29.2 Å². The highest BCUT2D eigenvalue weighted by atomic mass is 16.4. The second kappa shape index (κ2) is 9.38. The maximum Gasteiger partial charge on any atom is 0.306 e. The van der Waals surface area contributed by atoms with E-state index in [0.29, 0.717) is 13.0 Å². The maximum atomic E-state index is 12.8. The van der Waals surface area contributed by atoms with Gasteiger partial charge in [0.2, 0.25) is 11.8 Å². The van der Waals surface area contributed by atoms with Gasteiger partial charge in [-0.1, -0.05) is 18.1 Å². The quantitative estimate of drug-likeness (QED) is 0.282. The van der Waals surface area contributed by atoms with Crippen molar-refractivity contribution in [2.45, 2.75) is 31.7 Å². The van der Waals surface area contributed by atoms with Crippen molar-refractivity contribution in [1.82, 2.24) is 5.32 Å². The molecule has 8 heteroatoms. The van der Waals surface area contributed by atoms with Crippen LogP contribution < -0.4 is 16.1 Å². The molecule has 8 nitrogen and oxygen atoms in total. The van der Waals surface area contributed by atoms with Crippen LogP contribution in [0, 0.1) is 18.3 Å². The van der Waals surface area contributed by atoms with Crippen LogP contribution in [0.3, 0.4) is 0 Å². The Morgan fingerprint density at radius 2 is 2.15 bits per heavy atom. The van der Waals surface area contributed by atoms with Crippen molar-refractivity contribution in [3.63, 3.8) is 0 Å². The van der Waals surface area contributed by atoms with Crippen LogP contribution in [0.25, 0.3) is 0 Å². The van der Waals surface area contributed by atoms with Crippen LogP contribution in [0.5, 0.6) is 0 Å². The number of hydrogen-bond acceptors (Lipinski definition) is 5. The minimum absolute atomic E-state index is 0.0228. The monoisotopic (exact) mass is 370 g/mol. The standard InChI is InChI=1S/C19H22N4O4/c1-2-15(11-18(25)26)22-17(24)10-14-4-3-9-23(19(14)27)16-7-5-13(6-8-16)12-21-20/h1,5-8,12,14-15H,3-4,9-11,20H2,(H,22,24)(H,25,26). The third-order valence-electron chi connectivity index (χ3n) is 4.32. The average Bonchev–Trinajstić information content (AvgIpc) is 2.63. The molecule has 1 aliphatic rings. The molecule has 27 heavy (non-hydrogen) atoms. The molecular weight excluding hydrogens is 348 g/mol. The minimum atomic E-state index is -1.10. The molecule has 0 radical (unpaired) electrons. The number of carbonyl (C=O) groups excluding carboxylic acids is 2. The van der Waals surface area contributed by atoms with Crippen LogP contribution >= 0.6 is 0 Å². The molecular formula is C19H22N4O4. The number of piperidine rings is 1. The SMILES string of the molecule is C#CC(CC(=O)O)NC(=O)CC1CCCN(c2ccc(C=NN)cc2)C1=O. The number of carbonyl (C=O) groups is 3. The molecule has 1 heterocycles. The van der Waals surface area contributed by atoms with Gasteiger partial charge < -0.3 is 21.2 Å². The Morgan fingerprint density at radius 1 is 1.44 bits per heavy atom. The summed E-state index contributed by atoms with van der Waals surface area (Å²) in [6.45, 7) is 0.577. The Morgan fingerprint density at radius 3 is 2.74 bits per heavy atom. The summed E-state index contributed by atoms with van der Waals surface area (Å²) in [5.74, 6) is 5.24. The first kappa shape index (κ1) is 20.0. The Hall–Kier alpha value is -3.34. The number of hydrogen-bond donors (Lipinski definition) is 3. The van der Waals surface area contributed by atoms with Gasteiger partial charge in [0.1, 0.15) is 6.04 Å².